The van der Waals surface area contributed by atoms with E-state index in [1.807, 2.05) is 0 Å². The van der Waals surface area contributed by atoms with E-state index >= 15 is 0 Å². The summed E-state index contributed by atoms with van der Waals surface area (Å²) < 4.78 is 34.3. The fraction of sp³-hybridized carbons (Fsp3) is 0.727. The molecule has 2 nitrogen and oxygen atoms in total. The van der Waals surface area contributed by atoms with Crippen molar-refractivity contribution in [2.24, 2.45) is 17.8 Å². The Labute approximate surface area is 154 Å². The van der Waals surface area contributed by atoms with Crippen molar-refractivity contribution in [2.75, 3.05) is 0 Å². The van der Waals surface area contributed by atoms with Gasteiger partial charge in [0.25, 0.3) is 0 Å². The fourth-order valence-electron chi connectivity index (χ4n) is 5.43. The molecule has 2 saturated carbocycles. The maximum absolute atomic E-state index is 14.7. The van der Waals surface area contributed by atoms with Crippen LogP contribution in [-0.2, 0) is 6.42 Å². The van der Waals surface area contributed by atoms with Gasteiger partial charge in [0.15, 0.2) is 17.9 Å². The van der Waals surface area contributed by atoms with E-state index in [-0.39, 0.29) is 11.7 Å². The maximum atomic E-state index is 14.7. The molecule has 1 aromatic carbocycles. The van der Waals surface area contributed by atoms with E-state index in [1.54, 1.807) is 6.07 Å². The quantitative estimate of drug-likeness (QED) is 0.728. The SMILES string of the molecule is CC1CCC(C2CCC(c3cc4c(c(F)c3F)OC(O)CC4)CC2)CC1. The first kappa shape index (κ1) is 18.2. The Hall–Kier alpha value is -1.16. The normalized spacial score (nSPS) is 34.8. The molecule has 1 aliphatic heterocycles. The van der Waals surface area contributed by atoms with Gasteiger partial charge in [-0.3, -0.25) is 0 Å². The first-order valence-corrected chi connectivity index (χ1v) is 10.4. The molecular weight excluding hydrogens is 334 g/mol. The highest BCUT2D eigenvalue weighted by molar-refractivity contribution is 5.42. The third-order valence-electron chi connectivity index (χ3n) is 7.12. The van der Waals surface area contributed by atoms with Gasteiger partial charge in [0, 0.05) is 6.42 Å². The van der Waals surface area contributed by atoms with Crippen molar-refractivity contribution in [1.29, 1.82) is 0 Å². The molecule has 144 valence electrons. The zero-order valence-corrected chi connectivity index (χ0v) is 15.6. The summed E-state index contributed by atoms with van der Waals surface area (Å²) in [6.07, 6.45) is 9.51. The Morgan fingerprint density at radius 2 is 1.50 bits per heavy atom. The molecule has 1 N–H and O–H groups in total. The molecular formula is C22H30F2O2. The topological polar surface area (TPSA) is 29.5 Å². The number of benzene rings is 1. The predicted molar refractivity (Wildman–Crippen MR) is 97.1 cm³/mol. The molecule has 0 radical (unpaired) electrons. The summed E-state index contributed by atoms with van der Waals surface area (Å²) in [6, 6.07) is 1.80. The molecule has 1 atom stereocenters. The monoisotopic (exact) mass is 364 g/mol. The number of hydrogen-bond donors (Lipinski definition) is 1. The van der Waals surface area contributed by atoms with Crippen molar-refractivity contribution in [3.05, 3.63) is 28.8 Å². The van der Waals surface area contributed by atoms with Crippen LogP contribution < -0.4 is 4.74 Å². The summed E-state index contributed by atoms with van der Waals surface area (Å²) >= 11 is 0. The molecule has 2 aliphatic carbocycles. The second-order valence-electron chi connectivity index (χ2n) is 8.82. The lowest BCUT2D eigenvalue weighted by atomic mass is 9.68. The Morgan fingerprint density at radius 3 is 2.15 bits per heavy atom. The van der Waals surface area contributed by atoms with Crippen LogP contribution >= 0.6 is 0 Å². The molecule has 26 heavy (non-hydrogen) atoms. The van der Waals surface area contributed by atoms with Gasteiger partial charge in [-0.1, -0.05) is 19.8 Å². The molecule has 4 rings (SSSR count). The van der Waals surface area contributed by atoms with Gasteiger partial charge in [-0.05, 0) is 85.8 Å². The molecule has 1 aromatic rings. The second kappa shape index (κ2) is 7.46. The molecule has 0 amide bonds. The van der Waals surface area contributed by atoms with Crippen LogP contribution in [0.15, 0.2) is 6.07 Å². The van der Waals surface area contributed by atoms with E-state index in [0.717, 1.165) is 43.4 Å². The van der Waals surface area contributed by atoms with Gasteiger partial charge in [-0.2, -0.15) is 4.39 Å². The average molecular weight is 364 g/mol. The summed E-state index contributed by atoms with van der Waals surface area (Å²) in [5.74, 6) is 0.814. The molecule has 1 heterocycles. The Morgan fingerprint density at radius 1 is 0.885 bits per heavy atom. The van der Waals surface area contributed by atoms with E-state index in [1.165, 1.54) is 25.7 Å². The lowest BCUT2D eigenvalue weighted by molar-refractivity contribution is -0.0348. The molecule has 0 aromatic heterocycles. The van der Waals surface area contributed by atoms with Crippen molar-refractivity contribution in [1.82, 2.24) is 0 Å². The number of aryl methyl sites for hydroxylation is 1. The summed E-state index contributed by atoms with van der Waals surface area (Å²) in [7, 11) is 0. The molecule has 4 heteroatoms. The highest BCUT2D eigenvalue weighted by Crippen LogP contribution is 2.45. The van der Waals surface area contributed by atoms with Crippen LogP contribution in [0.4, 0.5) is 8.78 Å². The van der Waals surface area contributed by atoms with Crippen LogP contribution in [-0.4, -0.2) is 11.4 Å². The molecule has 0 spiro atoms. The van der Waals surface area contributed by atoms with Crippen LogP contribution in [0.3, 0.4) is 0 Å². The Kier molecular flexibility index (Phi) is 5.22. The van der Waals surface area contributed by atoms with Crippen LogP contribution in [0.5, 0.6) is 5.75 Å². The van der Waals surface area contributed by atoms with Crippen molar-refractivity contribution in [3.8, 4) is 5.75 Å². The van der Waals surface area contributed by atoms with E-state index < -0.39 is 17.9 Å². The van der Waals surface area contributed by atoms with E-state index in [2.05, 4.69) is 6.92 Å². The summed E-state index contributed by atoms with van der Waals surface area (Å²) in [4.78, 5) is 0. The minimum absolute atomic E-state index is 0.0880. The minimum Gasteiger partial charge on any atom is -0.462 e. The highest BCUT2D eigenvalue weighted by Gasteiger charge is 2.33. The number of fused-ring (bicyclic) bond motifs is 1. The van der Waals surface area contributed by atoms with Gasteiger partial charge >= 0.3 is 0 Å². The van der Waals surface area contributed by atoms with Crippen molar-refractivity contribution < 1.29 is 18.6 Å². The van der Waals surface area contributed by atoms with Crippen LogP contribution in [0.2, 0.25) is 0 Å². The zero-order valence-electron chi connectivity index (χ0n) is 15.6. The summed E-state index contributed by atoms with van der Waals surface area (Å²) in [5.41, 5.74) is 1.23. The van der Waals surface area contributed by atoms with Crippen LogP contribution in [0, 0.1) is 29.4 Å². The van der Waals surface area contributed by atoms with Crippen molar-refractivity contribution >= 4 is 0 Å². The molecule has 3 aliphatic rings. The molecule has 2 fully saturated rings. The van der Waals surface area contributed by atoms with E-state index in [4.69, 9.17) is 4.74 Å². The predicted octanol–water partition coefficient (Wildman–Crippen LogP) is 5.71. The van der Waals surface area contributed by atoms with E-state index in [0.29, 0.717) is 24.0 Å². The van der Waals surface area contributed by atoms with Gasteiger partial charge in [0.05, 0.1) is 0 Å². The largest absolute Gasteiger partial charge is 0.462 e. The van der Waals surface area contributed by atoms with Crippen LogP contribution in [0.1, 0.15) is 81.8 Å². The number of rotatable bonds is 2. The second-order valence-corrected chi connectivity index (χ2v) is 8.82. The number of halogens is 2. The highest BCUT2D eigenvalue weighted by atomic mass is 19.2. The molecule has 0 bridgehead atoms. The smallest absolute Gasteiger partial charge is 0.201 e. The first-order valence-electron chi connectivity index (χ1n) is 10.4. The van der Waals surface area contributed by atoms with Gasteiger partial charge < -0.3 is 9.84 Å². The third kappa shape index (κ3) is 3.49. The first-order chi connectivity index (χ1) is 12.5. The van der Waals surface area contributed by atoms with Crippen molar-refractivity contribution in [2.45, 2.75) is 83.3 Å². The summed E-state index contributed by atoms with van der Waals surface area (Å²) in [6.45, 7) is 2.35. The fourth-order valence-corrected chi connectivity index (χ4v) is 5.43. The lowest BCUT2D eigenvalue weighted by Crippen LogP contribution is -2.26. The third-order valence-corrected chi connectivity index (χ3v) is 7.12. The Bertz CT molecular complexity index is 644. The lowest BCUT2D eigenvalue weighted by Gasteiger charge is -2.37. The van der Waals surface area contributed by atoms with Gasteiger partial charge in [0.1, 0.15) is 0 Å². The van der Waals surface area contributed by atoms with E-state index in [9.17, 15) is 13.9 Å². The standard InChI is InChI=1S/C22H30F2O2/c1-13-2-4-14(5-3-13)15-6-8-16(9-7-15)18-12-17-10-11-19(25)26-22(17)21(24)20(18)23/h12-16,19,25H,2-11H2,1H3. The van der Waals surface area contributed by atoms with Gasteiger partial charge in [-0.15, -0.1) is 0 Å². The van der Waals surface area contributed by atoms with Crippen LogP contribution in [0.25, 0.3) is 0 Å². The van der Waals surface area contributed by atoms with Gasteiger partial charge in [0.2, 0.25) is 5.82 Å². The maximum Gasteiger partial charge on any atom is 0.201 e. The average Bonchev–Trinajstić information content (AvgIpc) is 2.66. The molecule has 1 unspecified atom stereocenters. The molecule has 0 saturated heterocycles. The Balaban J connectivity index is 1.45. The number of aliphatic hydroxyl groups is 1. The zero-order chi connectivity index (χ0) is 18.3. The number of hydrogen-bond acceptors (Lipinski definition) is 2. The van der Waals surface area contributed by atoms with Gasteiger partial charge in [-0.25, -0.2) is 4.39 Å². The number of aliphatic hydroxyl groups excluding tert-OH is 1. The summed E-state index contributed by atoms with van der Waals surface area (Å²) in [5, 5.41) is 9.55. The van der Waals surface area contributed by atoms with Crippen molar-refractivity contribution in [3.63, 3.8) is 0 Å². The minimum atomic E-state index is -1.03. The number of ether oxygens (including phenoxy) is 1.